The van der Waals surface area contributed by atoms with E-state index in [1.165, 1.54) is 39.1 Å². The van der Waals surface area contributed by atoms with Crippen LogP contribution in [0.1, 0.15) is 17.7 Å². The van der Waals surface area contributed by atoms with Crippen LogP contribution >= 0.6 is 43.2 Å². The number of piperidine rings is 1. The molecule has 1 unspecified atom stereocenters. The number of likely N-dealkylation sites (tertiary alicyclic amines) is 1. The Bertz CT molecular complexity index is 334. The van der Waals surface area contributed by atoms with Gasteiger partial charge in [0.15, 0.2) is 0 Å². The van der Waals surface area contributed by atoms with E-state index in [4.69, 9.17) is 0 Å². The number of hydrogen-bond donors (Lipinski definition) is 1. The van der Waals surface area contributed by atoms with Crippen LogP contribution < -0.4 is 5.32 Å². The Hall–Kier alpha value is 0.580. The zero-order valence-corrected chi connectivity index (χ0v) is 13.3. The van der Waals surface area contributed by atoms with E-state index in [9.17, 15) is 0 Å². The van der Waals surface area contributed by atoms with Crippen molar-refractivity contribution in [3.8, 4) is 0 Å². The Morgan fingerprint density at radius 3 is 3.00 bits per heavy atom. The summed E-state index contributed by atoms with van der Waals surface area (Å²) < 4.78 is 2.37. The number of rotatable bonds is 3. The molecule has 1 aromatic heterocycles. The molecule has 16 heavy (non-hydrogen) atoms. The van der Waals surface area contributed by atoms with E-state index >= 15 is 0 Å². The highest BCUT2D eigenvalue weighted by molar-refractivity contribution is 9.13. The third-order valence-corrected chi connectivity index (χ3v) is 6.23. The van der Waals surface area contributed by atoms with E-state index in [-0.39, 0.29) is 0 Å². The van der Waals surface area contributed by atoms with Gasteiger partial charge in [-0.3, -0.25) is 4.90 Å². The topological polar surface area (TPSA) is 15.3 Å². The molecular weight excluding hydrogens is 352 g/mol. The van der Waals surface area contributed by atoms with Gasteiger partial charge in [0.2, 0.25) is 0 Å². The molecule has 0 aromatic carbocycles. The number of nitrogens with one attached hydrogen (secondary N) is 1. The fraction of sp³-hybridized carbons (Fsp3) is 0.636. The summed E-state index contributed by atoms with van der Waals surface area (Å²) in [6, 6.07) is 2.89. The van der Waals surface area contributed by atoms with Gasteiger partial charge in [0.05, 0.1) is 3.79 Å². The lowest BCUT2D eigenvalue weighted by molar-refractivity contribution is 0.189. The van der Waals surface area contributed by atoms with E-state index in [1.54, 1.807) is 0 Å². The molecule has 0 saturated carbocycles. The van der Waals surface area contributed by atoms with Crippen molar-refractivity contribution in [2.75, 3.05) is 20.1 Å². The zero-order valence-electron chi connectivity index (χ0n) is 9.30. The first-order valence-corrected chi connectivity index (χ1v) is 7.92. The van der Waals surface area contributed by atoms with Crippen LogP contribution in [-0.4, -0.2) is 31.1 Å². The highest BCUT2D eigenvalue weighted by Crippen LogP contribution is 2.33. The van der Waals surface area contributed by atoms with Crippen molar-refractivity contribution in [3.63, 3.8) is 0 Å². The van der Waals surface area contributed by atoms with Gasteiger partial charge in [-0.2, -0.15) is 0 Å². The summed E-state index contributed by atoms with van der Waals surface area (Å²) in [6.45, 7) is 3.47. The molecule has 1 aliphatic rings. The van der Waals surface area contributed by atoms with E-state index in [0.717, 1.165) is 6.54 Å². The van der Waals surface area contributed by atoms with E-state index in [2.05, 4.69) is 55.2 Å². The quantitative estimate of drug-likeness (QED) is 0.879. The highest BCUT2D eigenvalue weighted by atomic mass is 79.9. The second kappa shape index (κ2) is 5.96. The molecule has 1 atom stereocenters. The molecule has 1 saturated heterocycles. The van der Waals surface area contributed by atoms with E-state index in [1.807, 2.05) is 11.3 Å². The molecule has 1 aliphatic heterocycles. The molecule has 2 rings (SSSR count). The van der Waals surface area contributed by atoms with Crippen molar-refractivity contribution in [1.29, 1.82) is 0 Å². The van der Waals surface area contributed by atoms with Crippen LogP contribution in [0.3, 0.4) is 0 Å². The van der Waals surface area contributed by atoms with Crippen LogP contribution in [0.5, 0.6) is 0 Å². The smallest absolute Gasteiger partial charge is 0.0843 e. The van der Waals surface area contributed by atoms with E-state index in [0.29, 0.717) is 6.04 Å². The van der Waals surface area contributed by atoms with Crippen molar-refractivity contribution in [2.24, 2.45) is 0 Å². The first kappa shape index (κ1) is 13.0. The van der Waals surface area contributed by atoms with Gasteiger partial charge in [0.1, 0.15) is 0 Å². The molecule has 0 amide bonds. The highest BCUT2D eigenvalue weighted by Gasteiger charge is 2.19. The Kier molecular flexibility index (Phi) is 4.85. The number of likely N-dealkylation sites (N-methyl/N-ethyl adjacent to an activating group) is 1. The fourth-order valence-corrected chi connectivity index (χ4v) is 4.34. The van der Waals surface area contributed by atoms with Gasteiger partial charge in [-0.1, -0.05) is 0 Å². The molecule has 0 radical (unpaired) electrons. The maximum Gasteiger partial charge on any atom is 0.0843 e. The van der Waals surface area contributed by atoms with Gasteiger partial charge in [-0.05, 0) is 64.4 Å². The molecule has 0 aliphatic carbocycles. The van der Waals surface area contributed by atoms with Crippen molar-refractivity contribution in [2.45, 2.75) is 25.4 Å². The Morgan fingerprint density at radius 1 is 1.56 bits per heavy atom. The third kappa shape index (κ3) is 3.29. The molecule has 2 nitrogen and oxygen atoms in total. The number of thiophene rings is 1. The molecule has 0 bridgehead atoms. The second-order valence-corrected chi connectivity index (χ2v) is 7.51. The molecule has 1 N–H and O–H groups in total. The monoisotopic (exact) mass is 366 g/mol. The summed E-state index contributed by atoms with van der Waals surface area (Å²) in [7, 11) is 2.06. The van der Waals surface area contributed by atoms with E-state index < -0.39 is 0 Å². The second-order valence-electron chi connectivity index (χ2n) is 4.20. The standard InChI is InChI=1S/C11H16Br2N2S/c1-14-8-3-2-4-15(6-8)7-9-5-10(12)11(13)16-9/h5,8,14H,2-4,6-7H2,1H3. The summed E-state index contributed by atoms with van der Waals surface area (Å²) in [5.41, 5.74) is 0. The normalized spacial score (nSPS) is 22.6. The predicted octanol–water partition coefficient (Wildman–Crippen LogP) is 3.46. The van der Waals surface area contributed by atoms with Crippen molar-refractivity contribution < 1.29 is 0 Å². The van der Waals surface area contributed by atoms with Crippen molar-refractivity contribution in [3.05, 3.63) is 19.2 Å². The molecular formula is C11H16Br2N2S. The summed E-state index contributed by atoms with van der Waals surface area (Å²) in [5.74, 6) is 0. The van der Waals surface area contributed by atoms with Gasteiger partial charge in [-0.15, -0.1) is 11.3 Å². The molecule has 5 heteroatoms. The van der Waals surface area contributed by atoms with Gasteiger partial charge in [0, 0.05) is 28.5 Å². The Balaban J connectivity index is 1.93. The average Bonchev–Trinajstić information content (AvgIpc) is 2.58. The number of nitrogens with zero attached hydrogens (tertiary/aromatic N) is 1. The molecule has 0 spiro atoms. The predicted molar refractivity (Wildman–Crippen MR) is 77.1 cm³/mol. The molecule has 1 fully saturated rings. The van der Waals surface area contributed by atoms with Gasteiger partial charge in [0.25, 0.3) is 0 Å². The van der Waals surface area contributed by atoms with Crippen LogP contribution in [0.25, 0.3) is 0 Å². The first-order chi connectivity index (χ1) is 7.69. The Labute approximate surface area is 118 Å². The molecule has 1 aromatic rings. The largest absolute Gasteiger partial charge is 0.316 e. The minimum atomic E-state index is 0.667. The van der Waals surface area contributed by atoms with Crippen molar-refractivity contribution in [1.82, 2.24) is 10.2 Å². The molecule has 90 valence electrons. The van der Waals surface area contributed by atoms with Crippen LogP contribution in [0.2, 0.25) is 0 Å². The minimum absolute atomic E-state index is 0.667. The summed E-state index contributed by atoms with van der Waals surface area (Å²) in [4.78, 5) is 3.96. The Morgan fingerprint density at radius 2 is 2.38 bits per heavy atom. The van der Waals surface area contributed by atoms with Crippen LogP contribution in [-0.2, 0) is 6.54 Å². The summed E-state index contributed by atoms with van der Waals surface area (Å²) in [6.07, 6.45) is 2.62. The lowest BCUT2D eigenvalue weighted by Gasteiger charge is -2.32. The number of halogens is 2. The lowest BCUT2D eigenvalue weighted by atomic mass is 10.1. The maximum atomic E-state index is 3.55. The van der Waals surface area contributed by atoms with Gasteiger partial charge < -0.3 is 5.32 Å². The maximum absolute atomic E-state index is 3.55. The average molecular weight is 368 g/mol. The van der Waals surface area contributed by atoms with Crippen LogP contribution in [0.4, 0.5) is 0 Å². The van der Waals surface area contributed by atoms with Gasteiger partial charge in [-0.25, -0.2) is 0 Å². The molecule has 2 heterocycles. The van der Waals surface area contributed by atoms with Crippen LogP contribution in [0, 0.1) is 0 Å². The van der Waals surface area contributed by atoms with Crippen LogP contribution in [0.15, 0.2) is 14.3 Å². The summed E-state index contributed by atoms with van der Waals surface area (Å²) >= 11 is 8.91. The first-order valence-electron chi connectivity index (χ1n) is 5.52. The minimum Gasteiger partial charge on any atom is -0.316 e. The number of hydrogen-bond acceptors (Lipinski definition) is 3. The fourth-order valence-electron chi connectivity index (χ4n) is 2.12. The van der Waals surface area contributed by atoms with Crippen molar-refractivity contribution >= 4 is 43.2 Å². The summed E-state index contributed by atoms with van der Waals surface area (Å²) in [5, 5.41) is 3.38. The lowest BCUT2D eigenvalue weighted by Crippen LogP contribution is -2.43. The SMILES string of the molecule is CNC1CCCN(Cc2cc(Br)c(Br)s2)C1. The van der Waals surface area contributed by atoms with Gasteiger partial charge >= 0.3 is 0 Å². The third-order valence-electron chi connectivity index (χ3n) is 2.99. The zero-order chi connectivity index (χ0) is 11.5.